The SMILES string of the molecule is COC1C=C(C2CC34C(O2)OC(CC25COC(=O)C2CC=CC53)C4C)C(=O)O1. The molecular weight excluding hydrogens is 364 g/mol. The lowest BCUT2D eigenvalue weighted by Crippen LogP contribution is -2.56. The van der Waals surface area contributed by atoms with Crippen molar-refractivity contribution in [3.63, 3.8) is 0 Å². The number of allylic oxidation sites excluding steroid dienone is 2. The first kappa shape index (κ1) is 17.2. The maximum Gasteiger partial charge on any atom is 0.339 e. The zero-order valence-corrected chi connectivity index (χ0v) is 16.0. The summed E-state index contributed by atoms with van der Waals surface area (Å²) in [5.41, 5.74) is 0.0104. The molecule has 28 heavy (non-hydrogen) atoms. The van der Waals surface area contributed by atoms with Crippen LogP contribution in [0.3, 0.4) is 0 Å². The van der Waals surface area contributed by atoms with Crippen LogP contribution in [0.15, 0.2) is 23.8 Å². The van der Waals surface area contributed by atoms with Gasteiger partial charge in [0.15, 0.2) is 6.29 Å². The first-order chi connectivity index (χ1) is 13.5. The molecule has 1 saturated carbocycles. The average molecular weight is 388 g/mol. The number of hydrogen-bond acceptors (Lipinski definition) is 7. The molecular formula is C21H24O7. The third kappa shape index (κ3) is 1.86. The summed E-state index contributed by atoms with van der Waals surface area (Å²) in [6.45, 7) is 2.67. The molecule has 6 rings (SSSR count). The molecule has 0 amide bonds. The van der Waals surface area contributed by atoms with E-state index in [0.717, 1.165) is 12.8 Å². The van der Waals surface area contributed by atoms with Crippen molar-refractivity contribution in [2.45, 2.75) is 51.0 Å². The summed E-state index contributed by atoms with van der Waals surface area (Å²) in [5.74, 6) is -0.181. The molecule has 0 radical (unpaired) electrons. The average Bonchev–Trinajstić information content (AvgIpc) is 3.37. The van der Waals surface area contributed by atoms with Gasteiger partial charge in [0.2, 0.25) is 6.29 Å². The van der Waals surface area contributed by atoms with Gasteiger partial charge in [-0.2, -0.15) is 0 Å². The Hall–Kier alpha value is -1.70. The number of carbonyl (C=O) groups excluding carboxylic acids is 2. The molecule has 0 N–H and O–H groups in total. The fourth-order valence-electron chi connectivity index (χ4n) is 6.90. The van der Waals surface area contributed by atoms with Crippen molar-refractivity contribution in [3.05, 3.63) is 23.8 Å². The Morgan fingerprint density at radius 3 is 2.86 bits per heavy atom. The normalized spacial score (nSPS) is 53.4. The summed E-state index contributed by atoms with van der Waals surface area (Å²) < 4.78 is 28.6. The van der Waals surface area contributed by atoms with Gasteiger partial charge in [-0.25, -0.2) is 4.79 Å². The molecule has 2 spiro atoms. The van der Waals surface area contributed by atoms with Crippen molar-refractivity contribution >= 4 is 11.9 Å². The van der Waals surface area contributed by atoms with Crippen LogP contribution in [0.1, 0.15) is 26.2 Å². The Morgan fingerprint density at radius 2 is 2.07 bits per heavy atom. The maximum atomic E-state index is 12.4. The maximum absolute atomic E-state index is 12.4. The predicted octanol–water partition coefficient (Wildman–Crippen LogP) is 1.72. The van der Waals surface area contributed by atoms with Crippen molar-refractivity contribution < 1.29 is 33.3 Å². The molecule has 4 heterocycles. The van der Waals surface area contributed by atoms with E-state index in [2.05, 4.69) is 19.1 Å². The van der Waals surface area contributed by atoms with Gasteiger partial charge in [-0.1, -0.05) is 19.1 Å². The molecule has 0 aromatic carbocycles. The van der Waals surface area contributed by atoms with Gasteiger partial charge in [-0.05, 0) is 37.2 Å². The lowest BCUT2D eigenvalue weighted by atomic mass is 9.46. The highest BCUT2D eigenvalue weighted by molar-refractivity contribution is 5.92. The van der Waals surface area contributed by atoms with Crippen LogP contribution in [0.25, 0.3) is 0 Å². The van der Waals surface area contributed by atoms with E-state index in [9.17, 15) is 9.59 Å². The van der Waals surface area contributed by atoms with Gasteiger partial charge in [0.25, 0.3) is 0 Å². The number of esters is 2. The van der Waals surface area contributed by atoms with Crippen LogP contribution in [-0.4, -0.2) is 50.4 Å². The number of rotatable bonds is 2. The highest BCUT2D eigenvalue weighted by atomic mass is 16.7. The molecule has 150 valence electrons. The molecule has 7 nitrogen and oxygen atoms in total. The quantitative estimate of drug-likeness (QED) is 0.526. The Labute approximate surface area is 163 Å². The van der Waals surface area contributed by atoms with Crippen LogP contribution >= 0.6 is 0 Å². The van der Waals surface area contributed by atoms with Gasteiger partial charge in [0.05, 0.1) is 30.3 Å². The Bertz CT molecular complexity index is 818. The topological polar surface area (TPSA) is 80.3 Å². The van der Waals surface area contributed by atoms with E-state index in [1.54, 1.807) is 6.08 Å². The first-order valence-corrected chi connectivity index (χ1v) is 10.1. The second-order valence-corrected chi connectivity index (χ2v) is 9.11. The second-order valence-electron chi connectivity index (χ2n) is 9.11. The molecule has 9 atom stereocenters. The third-order valence-corrected chi connectivity index (χ3v) is 8.26. The van der Waals surface area contributed by atoms with Crippen LogP contribution in [-0.2, 0) is 33.3 Å². The summed E-state index contributed by atoms with van der Waals surface area (Å²) >= 11 is 0. The van der Waals surface area contributed by atoms with E-state index in [0.29, 0.717) is 18.6 Å². The van der Waals surface area contributed by atoms with E-state index in [4.69, 9.17) is 23.7 Å². The standard InChI is InChI=1S/C21H24O7/c1-10-13-7-20-9-25-18(23)12(20)4-3-5-15(20)21(10)8-14(27-19(21)26-13)11-6-16(24-2)28-17(11)22/h3,5-6,10,12-16,19H,4,7-9H2,1-2H3. The largest absolute Gasteiger partial charge is 0.465 e. The van der Waals surface area contributed by atoms with Gasteiger partial charge in [-0.15, -0.1) is 0 Å². The number of carbonyl (C=O) groups is 2. The minimum absolute atomic E-state index is 0.0435. The number of ether oxygens (including phenoxy) is 5. The second kappa shape index (κ2) is 5.46. The summed E-state index contributed by atoms with van der Waals surface area (Å²) in [4.78, 5) is 24.8. The monoisotopic (exact) mass is 388 g/mol. The van der Waals surface area contributed by atoms with Crippen molar-refractivity contribution in [2.75, 3.05) is 13.7 Å². The third-order valence-electron chi connectivity index (χ3n) is 8.26. The number of cyclic esters (lactones) is 2. The summed E-state index contributed by atoms with van der Waals surface area (Å²) in [6, 6.07) is 0. The van der Waals surface area contributed by atoms with E-state index in [1.165, 1.54) is 7.11 Å². The highest BCUT2D eigenvalue weighted by Crippen LogP contribution is 2.71. The van der Waals surface area contributed by atoms with Gasteiger partial charge < -0.3 is 23.7 Å². The molecule has 4 fully saturated rings. The van der Waals surface area contributed by atoms with Crippen molar-refractivity contribution in [3.8, 4) is 0 Å². The van der Waals surface area contributed by atoms with Crippen LogP contribution in [0.4, 0.5) is 0 Å². The molecule has 3 saturated heterocycles. The Balaban J connectivity index is 1.41. The summed E-state index contributed by atoms with van der Waals surface area (Å²) in [6.07, 6.45) is 6.91. The first-order valence-electron chi connectivity index (χ1n) is 10.1. The van der Waals surface area contributed by atoms with E-state index in [1.807, 2.05) is 0 Å². The lowest BCUT2D eigenvalue weighted by molar-refractivity contribution is -0.159. The van der Waals surface area contributed by atoms with Gasteiger partial charge in [0.1, 0.15) is 0 Å². The molecule has 7 heteroatoms. The lowest BCUT2D eigenvalue weighted by Gasteiger charge is -2.54. The van der Waals surface area contributed by atoms with Crippen molar-refractivity contribution in [2.24, 2.45) is 28.6 Å². The predicted molar refractivity (Wildman–Crippen MR) is 93.5 cm³/mol. The molecule has 2 bridgehead atoms. The minimum Gasteiger partial charge on any atom is -0.465 e. The zero-order valence-electron chi connectivity index (χ0n) is 16.0. The number of hydrogen-bond donors (Lipinski definition) is 0. The minimum atomic E-state index is -0.660. The molecule has 2 aliphatic carbocycles. The van der Waals surface area contributed by atoms with E-state index >= 15 is 0 Å². The van der Waals surface area contributed by atoms with E-state index in [-0.39, 0.29) is 52.7 Å². The Kier molecular flexibility index (Phi) is 3.35. The molecule has 0 aromatic rings. The zero-order chi connectivity index (χ0) is 19.3. The molecule has 9 unspecified atom stereocenters. The summed E-state index contributed by atoms with van der Waals surface area (Å²) in [7, 11) is 1.51. The molecule has 0 aromatic heterocycles. The van der Waals surface area contributed by atoms with Gasteiger partial charge >= 0.3 is 11.9 Å². The van der Waals surface area contributed by atoms with Crippen LogP contribution in [0.2, 0.25) is 0 Å². The highest BCUT2D eigenvalue weighted by Gasteiger charge is 2.74. The van der Waals surface area contributed by atoms with E-state index < -0.39 is 12.6 Å². The van der Waals surface area contributed by atoms with Crippen LogP contribution < -0.4 is 0 Å². The molecule has 4 aliphatic heterocycles. The van der Waals surface area contributed by atoms with Gasteiger partial charge in [0, 0.05) is 17.9 Å². The summed E-state index contributed by atoms with van der Waals surface area (Å²) in [5, 5.41) is 0. The Morgan fingerprint density at radius 1 is 1.21 bits per heavy atom. The van der Waals surface area contributed by atoms with Crippen LogP contribution in [0.5, 0.6) is 0 Å². The van der Waals surface area contributed by atoms with Crippen molar-refractivity contribution in [1.29, 1.82) is 0 Å². The molecule has 6 aliphatic rings. The van der Waals surface area contributed by atoms with Crippen molar-refractivity contribution in [1.82, 2.24) is 0 Å². The van der Waals surface area contributed by atoms with Crippen LogP contribution in [0, 0.1) is 28.6 Å². The fourth-order valence-corrected chi connectivity index (χ4v) is 6.90. The number of fused-ring (bicyclic) bond motifs is 1. The smallest absolute Gasteiger partial charge is 0.339 e. The number of methoxy groups -OCH3 is 1. The fraction of sp³-hybridized carbons (Fsp3) is 0.714. The van der Waals surface area contributed by atoms with Gasteiger partial charge in [-0.3, -0.25) is 4.79 Å².